The first kappa shape index (κ1) is 14.1. The second-order valence-electron chi connectivity index (χ2n) is 5.78. The number of fused-ring (bicyclic) bond motifs is 1. The summed E-state index contributed by atoms with van der Waals surface area (Å²) in [5.74, 6) is -0.631. The Morgan fingerprint density at radius 1 is 1.32 bits per heavy atom. The first-order valence-corrected chi connectivity index (χ1v) is 7.15. The molecule has 2 rings (SSSR count). The summed E-state index contributed by atoms with van der Waals surface area (Å²) in [5, 5.41) is 8.78. The third kappa shape index (κ3) is 3.80. The predicted molar refractivity (Wildman–Crippen MR) is 76.0 cm³/mol. The van der Waals surface area contributed by atoms with E-state index >= 15 is 0 Å². The van der Waals surface area contributed by atoms with Crippen LogP contribution in [0.25, 0.3) is 0 Å². The highest BCUT2D eigenvalue weighted by Crippen LogP contribution is 2.27. The Morgan fingerprint density at radius 2 is 2.00 bits per heavy atom. The van der Waals surface area contributed by atoms with E-state index in [4.69, 9.17) is 10.8 Å². The smallest absolute Gasteiger partial charge is 0.303 e. The largest absolute Gasteiger partial charge is 0.481 e. The van der Waals surface area contributed by atoms with Gasteiger partial charge in [-0.05, 0) is 54.7 Å². The summed E-state index contributed by atoms with van der Waals surface area (Å²) < 4.78 is 0. The lowest BCUT2D eigenvalue weighted by Gasteiger charge is -2.20. The minimum atomic E-state index is -0.745. The summed E-state index contributed by atoms with van der Waals surface area (Å²) >= 11 is 0. The van der Waals surface area contributed by atoms with Gasteiger partial charge in [0.1, 0.15) is 0 Å². The molecule has 0 amide bonds. The van der Waals surface area contributed by atoms with E-state index in [2.05, 4.69) is 18.2 Å². The molecule has 0 radical (unpaired) electrons. The van der Waals surface area contributed by atoms with E-state index in [1.807, 2.05) is 6.92 Å². The van der Waals surface area contributed by atoms with Gasteiger partial charge in [0, 0.05) is 12.5 Å². The van der Waals surface area contributed by atoms with Crippen molar-refractivity contribution in [3.8, 4) is 0 Å². The van der Waals surface area contributed by atoms with Crippen LogP contribution in [-0.2, 0) is 17.6 Å². The highest BCUT2D eigenvalue weighted by Gasteiger charge is 2.16. The van der Waals surface area contributed by atoms with E-state index in [1.165, 1.54) is 30.4 Å². The van der Waals surface area contributed by atoms with E-state index in [0.717, 1.165) is 18.4 Å². The fraction of sp³-hybridized carbons (Fsp3) is 0.562. The van der Waals surface area contributed by atoms with E-state index < -0.39 is 5.97 Å². The third-order valence-electron chi connectivity index (χ3n) is 3.98. The van der Waals surface area contributed by atoms with Crippen molar-refractivity contribution in [2.75, 3.05) is 0 Å². The first-order chi connectivity index (χ1) is 9.06. The van der Waals surface area contributed by atoms with E-state index in [-0.39, 0.29) is 18.4 Å². The summed E-state index contributed by atoms with van der Waals surface area (Å²) in [6, 6.07) is 6.49. The Balaban J connectivity index is 2.02. The van der Waals surface area contributed by atoms with E-state index in [9.17, 15) is 4.79 Å². The van der Waals surface area contributed by atoms with Crippen molar-refractivity contribution < 1.29 is 9.90 Å². The lowest BCUT2D eigenvalue weighted by Crippen LogP contribution is -2.17. The van der Waals surface area contributed by atoms with Gasteiger partial charge in [0.05, 0.1) is 0 Å². The molecule has 104 valence electrons. The topological polar surface area (TPSA) is 63.3 Å². The summed E-state index contributed by atoms with van der Waals surface area (Å²) in [6.45, 7) is 1.95. The molecule has 1 aliphatic carbocycles. The van der Waals surface area contributed by atoms with Crippen LogP contribution in [0.1, 0.15) is 55.3 Å². The van der Waals surface area contributed by atoms with Crippen LogP contribution in [0, 0.1) is 5.92 Å². The molecule has 1 aliphatic rings. The number of carboxylic acids is 1. The zero-order valence-corrected chi connectivity index (χ0v) is 11.6. The number of nitrogens with two attached hydrogens (primary N) is 1. The molecule has 1 aromatic carbocycles. The minimum Gasteiger partial charge on any atom is -0.481 e. The van der Waals surface area contributed by atoms with Crippen molar-refractivity contribution in [2.45, 2.75) is 51.5 Å². The molecular formula is C16H23NO2. The molecule has 0 spiro atoms. The van der Waals surface area contributed by atoms with E-state index in [0.29, 0.717) is 0 Å². The van der Waals surface area contributed by atoms with Crippen LogP contribution >= 0.6 is 0 Å². The Kier molecular flexibility index (Phi) is 4.59. The molecular weight excluding hydrogens is 238 g/mol. The van der Waals surface area contributed by atoms with Gasteiger partial charge in [-0.2, -0.15) is 0 Å². The van der Waals surface area contributed by atoms with Gasteiger partial charge in [-0.25, -0.2) is 0 Å². The van der Waals surface area contributed by atoms with Gasteiger partial charge in [0.15, 0.2) is 0 Å². The van der Waals surface area contributed by atoms with Crippen molar-refractivity contribution in [1.29, 1.82) is 0 Å². The second-order valence-corrected chi connectivity index (χ2v) is 5.78. The van der Waals surface area contributed by atoms with Gasteiger partial charge in [-0.15, -0.1) is 0 Å². The summed E-state index contributed by atoms with van der Waals surface area (Å²) in [6.07, 6.45) is 5.81. The molecule has 19 heavy (non-hydrogen) atoms. The number of hydrogen-bond acceptors (Lipinski definition) is 2. The van der Waals surface area contributed by atoms with Gasteiger partial charge in [0.25, 0.3) is 0 Å². The molecule has 2 atom stereocenters. The standard InChI is InChI=1S/C16H23NO2/c1-11(9-16(18)19)8-15(17)14-7-6-12-4-2-3-5-13(12)10-14/h6-7,10-11,15H,2-5,8-9,17H2,1H3,(H,18,19). The normalized spacial score (nSPS) is 17.6. The van der Waals surface area contributed by atoms with Crippen molar-refractivity contribution >= 4 is 5.97 Å². The first-order valence-electron chi connectivity index (χ1n) is 7.15. The lowest BCUT2D eigenvalue weighted by molar-refractivity contribution is -0.138. The molecule has 0 heterocycles. The summed E-state index contributed by atoms with van der Waals surface area (Å²) in [4.78, 5) is 10.7. The lowest BCUT2D eigenvalue weighted by atomic mass is 9.87. The maximum Gasteiger partial charge on any atom is 0.303 e. The van der Waals surface area contributed by atoms with Crippen molar-refractivity contribution in [3.05, 3.63) is 34.9 Å². The number of rotatable bonds is 5. The number of aryl methyl sites for hydroxylation is 2. The quantitative estimate of drug-likeness (QED) is 0.856. The number of carbonyl (C=O) groups is 1. The third-order valence-corrected chi connectivity index (χ3v) is 3.98. The molecule has 0 fully saturated rings. The van der Waals surface area contributed by atoms with E-state index in [1.54, 1.807) is 0 Å². The van der Waals surface area contributed by atoms with Crippen LogP contribution in [0.15, 0.2) is 18.2 Å². The van der Waals surface area contributed by atoms with Gasteiger partial charge >= 0.3 is 5.97 Å². The van der Waals surface area contributed by atoms with Gasteiger partial charge < -0.3 is 10.8 Å². The van der Waals surface area contributed by atoms with Gasteiger partial charge in [-0.1, -0.05) is 25.1 Å². The molecule has 0 aromatic heterocycles. The van der Waals surface area contributed by atoms with Crippen molar-refractivity contribution in [2.24, 2.45) is 11.7 Å². The van der Waals surface area contributed by atoms with Gasteiger partial charge in [0.2, 0.25) is 0 Å². The molecule has 3 heteroatoms. The number of benzene rings is 1. The predicted octanol–water partition coefficient (Wildman–Crippen LogP) is 3.07. The molecule has 0 bridgehead atoms. The molecule has 3 nitrogen and oxygen atoms in total. The average molecular weight is 261 g/mol. The molecule has 1 aromatic rings. The molecule has 0 aliphatic heterocycles. The van der Waals surface area contributed by atoms with Crippen LogP contribution < -0.4 is 5.73 Å². The molecule has 0 saturated carbocycles. The van der Waals surface area contributed by atoms with Crippen LogP contribution in [0.2, 0.25) is 0 Å². The Bertz CT molecular complexity index is 456. The second kappa shape index (κ2) is 6.20. The average Bonchev–Trinajstić information content (AvgIpc) is 2.37. The number of aliphatic carboxylic acids is 1. The monoisotopic (exact) mass is 261 g/mol. The number of carboxylic acid groups (broad SMARTS) is 1. The maximum atomic E-state index is 10.7. The SMILES string of the molecule is CC(CC(=O)O)CC(N)c1ccc2c(c1)CCCC2. The fourth-order valence-electron chi connectivity index (χ4n) is 2.94. The summed E-state index contributed by atoms with van der Waals surface area (Å²) in [5.41, 5.74) is 10.3. The fourth-order valence-corrected chi connectivity index (χ4v) is 2.94. The Morgan fingerprint density at radius 3 is 2.68 bits per heavy atom. The summed E-state index contributed by atoms with van der Waals surface area (Å²) in [7, 11) is 0. The maximum absolute atomic E-state index is 10.7. The molecule has 0 saturated heterocycles. The van der Waals surface area contributed by atoms with Crippen LogP contribution in [-0.4, -0.2) is 11.1 Å². The van der Waals surface area contributed by atoms with Crippen LogP contribution in [0.5, 0.6) is 0 Å². The zero-order chi connectivity index (χ0) is 13.8. The van der Waals surface area contributed by atoms with Crippen LogP contribution in [0.4, 0.5) is 0 Å². The minimum absolute atomic E-state index is 0.0541. The Labute approximate surface area is 114 Å². The highest BCUT2D eigenvalue weighted by atomic mass is 16.4. The number of hydrogen-bond donors (Lipinski definition) is 2. The van der Waals surface area contributed by atoms with Crippen LogP contribution in [0.3, 0.4) is 0 Å². The highest BCUT2D eigenvalue weighted by molar-refractivity contribution is 5.66. The van der Waals surface area contributed by atoms with Crippen molar-refractivity contribution in [3.63, 3.8) is 0 Å². The van der Waals surface area contributed by atoms with Crippen molar-refractivity contribution in [1.82, 2.24) is 0 Å². The molecule has 2 unspecified atom stereocenters. The van der Waals surface area contributed by atoms with Gasteiger partial charge in [-0.3, -0.25) is 4.79 Å². The molecule has 3 N–H and O–H groups in total. The Hall–Kier alpha value is -1.35. The zero-order valence-electron chi connectivity index (χ0n) is 11.6.